The van der Waals surface area contributed by atoms with Crippen LogP contribution in [0.2, 0.25) is 0 Å². The van der Waals surface area contributed by atoms with E-state index in [1.54, 1.807) is 0 Å². The van der Waals surface area contributed by atoms with Crippen molar-refractivity contribution in [2.45, 2.75) is 37.8 Å². The predicted molar refractivity (Wildman–Crippen MR) is 62.9 cm³/mol. The third-order valence-electron chi connectivity index (χ3n) is 3.55. The van der Waals surface area contributed by atoms with Crippen molar-refractivity contribution in [3.8, 4) is 0 Å². The van der Waals surface area contributed by atoms with Gasteiger partial charge in [0.2, 0.25) is 11.7 Å². The van der Waals surface area contributed by atoms with Crippen LogP contribution in [0.3, 0.4) is 0 Å². The average Bonchev–Trinajstić information content (AvgIpc) is 2.93. The summed E-state index contributed by atoms with van der Waals surface area (Å²) >= 11 is 0. The van der Waals surface area contributed by atoms with Crippen LogP contribution in [0.15, 0.2) is 4.52 Å². The first-order chi connectivity index (χ1) is 8.79. The van der Waals surface area contributed by atoms with Crippen LogP contribution in [0, 0.1) is 5.92 Å². The zero-order chi connectivity index (χ0) is 12.5. The second-order valence-electron chi connectivity index (χ2n) is 5.01. The monoisotopic (exact) mass is 253 g/mol. The van der Waals surface area contributed by atoms with E-state index in [4.69, 9.17) is 19.7 Å². The number of aromatic nitrogens is 2. The highest BCUT2D eigenvalue weighted by molar-refractivity contribution is 5.04. The average molecular weight is 253 g/mol. The van der Waals surface area contributed by atoms with Crippen molar-refractivity contribution in [1.29, 1.82) is 0 Å². The molecule has 1 saturated carbocycles. The smallest absolute Gasteiger partial charge is 0.233 e. The van der Waals surface area contributed by atoms with Gasteiger partial charge in [0.1, 0.15) is 6.10 Å². The van der Waals surface area contributed by atoms with E-state index in [0.29, 0.717) is 37.5 Å². The summed E-state index contributed by atoms with van der Waals surface area (Å²) in [5.41, 5.74) is 5.94. The van der Waals surface area contributed by atoms with Crippen LogP contribution in [-0.4, -0.2) is 36.0 Å². The third-order valence-corrected chi connectivity index (χ3v) is 3.55. The molecule has 100 valence electrons. The fourth-order valence-electron chi connectivity index (χ4n) is 2.34. The lowest BCUT2D eigenvalue weighted by atomic mass is 10.1. The molecule has 6 heteroatoms. The molecule has 18 heavy (non-hydrogen) atoms. The minimum atomic E-state index is -0.0511. The maximum Gasteiger partial charge on any atom is 0.233 e. The van der Waals surface area contributed by atoms with E-state index in [9.17, 15) is 0 Å². The summed E-state index contributed by atoms with van der Waals surface area (Å²) in [4.78, 5) is 4.46. The fourth-order valence-corrected chi connectivity index (χ4v) is 2.34. The normalized spacial score (nSPS) is 29.7. The third kappa shape index (κ3) is 2.28. The predicted octanol–water partition coefficient (Wildman–Crippen LogP) is 0.998. The summed E-state index contributed by atoms with van der Waals surface area (Å²) in [6.45, 7) is 3.76. The van der Waals surface area contributed by atoms with Crippen LogP contribution in [0.4, 0.5) is 0 Å². The van der Waals surface area contributed by atoms with Gasteiger partial charge < -0.3 is 19.7 Å². The molecule has 3 rings (SSSR count). The molecule has 1 aromatic rings. The molecule has 1 aliphatic carbocycles. The van der Waals surface area contributed by atoms with E-state index in [-0.39, 0.29) is 18.1 Å². The molecule has 0 amide bonds. The van der Waals surface area contributed by atoms with Crippen LogP contribution < -0.4 is 5.73 Å². The van der Waals surface area contributed by atoms with Gasteiger partial charge in [0.15, 0.2) is 0 Å². The van der Waals surface area contributed by atoms with Gasteiger partial charge in [0, 0.05) is 12.6 Å². The summed E-state index contributed by atoms with van der Waals surface area (Å²) in [5.74, 6) is 1.81. The fraction of sp³-hybridized carbons (Fsp3) is 0.833. The molecule has 0 aromatic carbocycles. The number of rotatable bonds is 5. The van der Waals surface area contributed by atoms with Crippen molar-refractivity contribution in [2.75, 3.05) is 19.8 Å². The van der Waals surface area contributed by atoms with Crippen molar-refractivity contribution >= 4 is 0 Å². The Bertz CT molecular complexity index is 405. The molecule has 3 unspecified atom stereocenters. The van der Waals surface area contributed by atoms with E-state index in [1.807, 2.05) is 6.92 Å². The molecule has 0 spiro atoms. The van der Waals surface area contributed by atoms with Crippen LogP contribution in [0.25, 0.3) is 0 Å². The first kappa shape index (κ1) is 12.1. The summed E-state index contributed by atoms with van der Waals surface area (Å²) in [6.07, 6.45) is 2.34. The highest BCUT2D eigenvalue weighted by Crippen LogP contribution is 2.42. The molecular formula is C12H19N3O3. The van der Waals surface area contributed by atoms with Crippen LogP contribution in [-0.2, 0) is 9.47 Å². The van der Waals surface area contributed by atoms with Crippen molar-refractivity contribution in [3.63, 3.8) is 0 Å². The zero-order valence-electron chi connectivity index (χ0n) is 10.5. The first-order valence-electron chi connectivity index (χ1n) is 6.58. The van der Waals surface area contributed by atoms with Crippen molar-refractivity contribution in [3.05, 3.63) is 11.7 Å². The Balaban J connectivity index is 1.75. The number of nitrogens with zero attached hydrogens (tertiary/aromatic N) is 2. The molecule has 1 aromatic heterocycles. The summed E-state index contributed by atoms with van der Waals surface area (Å²) < 4.78 is 16.3. The van der Waals surface area contributed by atoms with Crippen LogP contribution in [0.5, 0.6) is 0 Å². The Kier molecular flexibility index (Phi) is 3.32. The van der Waals surface area contributed by atoms with E-state index < -0.39 is 0 Å². The summed E-state index contributed by atoms with van der Waals surface area (Å²) in [6, 6.07) is -0.0511. The highest BCUT2D eigenvalue weighted by Gasteiger charge is 2.38. The summed E-state index contributed by atoms with van der Waals surface area (Å²) in [7, 11) is 0. The lowest BCUT2D eigenvalue weighted by molar-refractivity contribution is 0.0384. The molecule has 0 bridgehead atoms. The van der Waals surface area contributed by atoms with E-state index in [1.165, 1.54) is 12.8 Å². The molecule has 0 radical (unpaired) electrons. The molecule has 2 aliphatic rings. The van der Waals surface area contributed by atoms with Gasteiger partial charge >= 0.3 is 0 Å². The molecule has 6 nitrogen and oxygen atoms in total. The second-order valence-corrected chi connectivity index (χ2v) is 5.01. The Morgan fingerprint density at radius 2 is 2.28 bits per heavy atom. The molecule has 1 aliphatic heterocycles. The minimum absolute atomic E-state index is 0.0210. The van der Waals surface area contributed by atoms with Gasteiger partial charge in [-0.2, -0.15) is 4.98 Å². The van der Waals surface area contributed by atoms with Crippen molar-refractivity contribution in [2.24, 2.45) is 11.7 Å². The lowest BCUT2D eigenvalue weighted by Crippen LogP contribution is -2.27. The molecule has 3 atom stereocenters. The van der Waals surface area contributed by atoms with Crippen molar-refractivity contribution in [1.82, 2.24) is 10.1 Å². The Hall–Kier alpha value is -0.980. The first-order valence-corrected chi connectivity index (χ1v) is 6.58. The van der Waals surface area contributed by atoms with Gasteiger partial charge in [-0.15, -0.1) is 0 Å². The number of nitrogens with two attached hydrogens (primary N) is 1. The Morgan fingerprint density at radius 1 is 1.44 bits per heavy atom. The van der Waals surface area contributed by atoms with Gasteiger partial charge in [0.25, 0.3) is 0 Å². The lowest BCUT2D eigenvalue weighted by Gasteiger charge is -2.11. The number of ether oxygens (including phenoxy) is 2. The van der Waals surface area contributed by atoms with Crippen LogP contribution >= 0.6 is 0 Å². The molecule has 2 fully saturated rings. The topological polar surface area (TPSA) is 83.4 Å². The quantitative estimate of drug-likeness (QED) is 0.842. The number of hydrogen-bond acceptors (Lipinski definition) is 6. The van der Waals surface area contributed by atoms with Gasteiger partial charge in [-0.25, -0.2) is 0 Å². The highest BCUT2D eigenvalue weighted by atomic mass is 16.5. The molecule has 1 saturated heterocycles. The summed E-state index contributed by atoms with van der Waals surface area (Å²) in [5, 5.41) is 4.05. The van der Waals surface area contributed by atoms with Gasteiger partial charge in [0.05, 0.1) is 19.1 Å². The molecular weight excluding hydrogens is 234 g/mol. The SMILES string of the molecule is CCOC(c1noc(C2COCC2N)n1)C1CC1. The van der Waals surface area contributed by atoms with E-state index >= 15 is 0 Å². The number of hydrogen-bond donors (Lipinski definition) is 1. The second kappa shape index (κ2) is 4.95. The van der Waals surface area contributed by atoms with E-state index in [2.05, 4.69) is 10.1 Å². The van der Waals surface area contributed by atoms with Gasteiger partial charge in [-0.05, 0) is 25.7 Å². The maximum absolute atomic E-state index is 5.94. The molecule has 2 heterocycles. The minimum Gasteiger partial charge on any atom is -0.379 e. The van der Waals surface area contributed by atoms with Crippen molar-refractivity contribution < 1.29 is 14.0 Å². The van der Waals surface area contributed by atoms with E-state index in [0.717, 1.165) is 0 Å². The van der Waals surface area contributed by atoms with Crippen LogP contribution in [0.1, 0.15) is 43.5 Å². The van der Waals surface area contributed by atoms with Gasteiger partial charge in [-0.3, -0.25) is 0 Å². The molecule has 2 N–H and O–H groups in total. The maximum atomic E-state index is 5.94. The largest absolute Gasteiger partial charge is 0.379 e. The van der Waals surface area contributed by atoms with Gasteiger partial charge in [-0.1, -0.05) is 5.16 Å². The Labute approximate surface area is 106 Å². The zero-order valence-corrected chi connectivity index (χ0v) is 10.5. The Morgan fingerprint density at radius 3 is 2.89 bits per heavy atom. The standard InChI is InChI=1S/C12H19N3O3/c1-2-17-10(7-3-4-7)11-14-12(18-15-11)8-5-16-6-9(8)13/h7-10H,2-6,13H2,1H3.